The highest BCUT2D eigenvalue weighted by Gasteiger charge is 2.31. The molecule has 2 atom stereocenters. The van der Waals surface area contributed by atoms with Gasteiger partial charge in [-0.15, -0.1) is 12.4 Å². The lowest BCUT2D eigenvalue weighted by Crippen LogP contribution is -2.34. The van der Waals surface area contributed by atoms with Gasteiger partial charge in [0, 0.05) is 16.1 Å². The SMILES string of the molecule is Cl.N[C@H](c1cc(Br)cc([N+](=O)[O-])c1O)[C@@H](O)C1CCCCC1. The number of hydrogen-bond donors (Lipinski definition) is 3. The molecule has 2 rings (SSSR count). The molecule has 0 bridgehead atoms. The number of phenolic OH excluding ortho intramolecular Hbond substituents is 1. The highest BCUT2D eigenvalue weighted by molar-refractivity contribution is 9.10. The Morgan fingerprint density at radius 1 is 1.32 bits per heavy atom. The number of benzene rings is 1. The molecule has 1 aliphatic rings. The molecule has 1 aliphatic carbocycles. The van der Waals surface area contributed by atoms with Crippen LogP contribution in [0.4, 0.5) is 5.69 Å². The van der Waals surface area contributed by atoms with Crippen molar-refractivity contribution in [2.24, 2.45) is 11.7 Å². The zero-order valence-corrected chi connectivity index (χ0v) is 14.3. The van der Waals surface area contributed by atoms with E-state index in [0.717, 1.165) is 32.1 Å². The highest BCUT2D eigenvalue weighted by Crippen LogP contribution is 2.39. The molecule has 0 unspecified atom stereocenters. The van der Waals surface area contributed by atoms with Gasteiger partial charge >= 0.3 is 5.69 Å². The smallest absolute Gasteiger partial charge is 0.312 e. The van der Waals surface area contributed by atoms with E-state index in [-0.39, 0.29) is 23.9 Å². The number of hydrogen-bond acceptors (Lipinski definition) is 5. The molecule has 1 fully saturated rings. The summed E-state index contributed by atoms with van der Waals surface area (Å²) in [6.07, 6.45) is 4.24. The Morgan fingerprint density at radius 3 is 2.45 bits per heavy atom. The second kappa shape index (κ2) is 8.10. The molecule has 0 aliphatic heterocycles. The predicted octanol–water partition coefficient (Wildman–Crippen LogP) is 3.43. The van der Waals surface area contributed by atoms with Crippen molar-refractivity contribution in [3.05, 3.63) is 32.3 Å². The van der Waals surface area contributed by atoms with E-state index in [1.165, 1.54) is 12.1 Å². The maximum Gasteiger partial charge on any atom is 0.312 e. The lowest BCUT2D eigenvalue weighted by atomic mass is 9.81. The molecule has 22 heavy (non-hydrogen) atoms. The molecule has 1 saturated carbocycles. The lowest BCUT2D eigenvalue weighted by molar-refractivity contribution is -0.386. The molecule has 0 amide bonds. The quantitative estimate of drug-likeness (QED) is 0.534. The molecule has 0 heterocycles. The Labute approximate surface area is 143 Å². The van der Waals surface area contributed by atoms with Crippen LogP contribution in [0.2, 0.25) is 0 Å². The van der Waals surface area contributed by atoms with Crippen LogP contribution < -0.4 is 5.73 Å². The van der Waals surface area contributed by atoms with E-state index < -0.39 is 28.5 Å². The van der Waals surface area contributed by atoms with E-state index >= 15 is 0 Å². The zero-order valence-electron chi connectivity index (χ0n) is 11.9. The number of phenols is 1. The minimum absolute atomic E-state index is 0. The van der Waals surface area contributed by atoms with Crippen molar-refractivity contribution in [1.82, 2.24) is 0 Å². The Hall–Kier alpha value is -0.890. The molecule has 4 N–H and O–H groups in total. The summed E-state index contributed by atoms with van der Waals surface area (Å²) in [7, 11) is 0. The van der Waals surface area contributed by atoms with Crippen molar-refractivity contribution >= 4 is 34.0 Å². The van der Waals surface area contributed by atoms with Gasteiger partial charge in [0.1, 0.15) is 0 Å². The molecule has 0 spiro atoms. The van der Waals surface area contributed by atoms with Gasteiger partial charge in [-0.25, -0.2) is 0 Å². The largest absolute Gasteiger partial charge is 0.502 e. The Kier molecular flexibility index (Phi) is 7.05. The van der Waals surface area contributed by atoms with Crippen molar-refractivity contribution in [2.45, 2.75) is 44.2 Å². The zero-order chi connectivity index (χ0) is 15.6. The number of aliphatic hydroxyl groups excluding tert-OH is 1. The summed E-state index contributed by atoms with van der Waals surface area (Å²) < 4.78 is 0.452. The molecule has 0 aromatic heterocycles. The molecule has 1 aromatic carbocycles. The van der Waals surface area contributed by atoms with Crippen molar-refractivity contribution in [2.75, 3.05) is 0 Å². The lowest BCUT2D eigenvalue weighted by Gasteiger charge is -2.30. The monoisotopic (exact) mass is 394 g/mol. The van der Waals surface area contributed by atoms with Crippen molar-refractivity contribution in [3.63, 3.8) is 0 Å². The molecule has 8 heteroatoms. The predicted molar refractivity (Wildman–Crippen MR) is 89.2 cm³/mol. The van der Waals surface area contributed by atoms with Crippen molar-refractivity contribution in [3.8, 4) is 5.75 Å². The minimum atomic E-state index is -0.843. The average Bonchev–Trinajstić information content (AvgIpc) is 2.48. The normalized spacial score (nSPS) is 18.3. The minimum Gasteiger partial charge on any atom is -0.502 e. The highest BCUT2D eigenvalue weighted by atomic mass is 79.9. The van der Waals surface area contributed by atoms with Crippen LogP contribution in [0.25, 0.3) is 0 Å². The molecule has 0 saturated heterocycles. The summed E-state index contributed by atoms with van der Waals surface area (Å²) in [5.74, 6) is -0.392. The van der Waals surface area contributed by atoms with Gasteiger partial charge in [-0.2, -0.15) is 0 Å². The molecule has 124 valence electrons. The number of nitro groups is 1. The summed E-state index contributed by atoms with van der Waals surface area (Å²) in [5.41, 5.74) is 5.85. The topological polar surface area (TPSA) is 110 Å². The van der Waals surface area contributed by atoms with Crippen molar-refractivity contribution < 1.29 is 15.1 Å². The number of nitrogens with two attached hydrogens (primary N) is 1. The van der Waals surface area contributed by atoms with Gasteiger partial charge in [-0.05, 0) is 24.8 Å². The number of nitrogens with zero attached hydrogens (tertiary/aromatic N) is 1. The first-order valence-electron chi connectivity index (χ1n) is 7.02. The van der Waals surface area contributed by atoms with Gasteiger partial charge in [-0.3, -0.25) is 10.1 Å². The van der Waals surface area contributed by atoms with Crippen molar-refractivity contribution in [1.29, 1.82) is 0 Å². The number of aromatic hydroxyl groups is 1. The Morgan fingerprint density at radius 2 is 1.91 bits per heavy atom. The van der Waals surface area contributed by atoms with Crippen LogP contribution in [-0.4, -0.2) is 21.2 Å². The van der Waals surface area contributed by atoms with Gasteiger partial charge in [0.25, 0.3) is 0 Å². The van der Waals surface area contributed by atoms with Gasteiger partial charge in [0.15, 0.2) is 5.75 Å². The summed E-state index contributed by atoms with van der Waals surface area (Å²) >= 11 is 3.18. The summed E-state index contributed by atoms with van der Waals surface area (Å²) in [6.45, 7) is 0. The maximum atomic E-state index is 10.9. The van der Waals surface area contributed by atoms with E-state index in [1.807, 2.05) is 0 Å². The van der Waals surface area contributed by atoms with Crippen LogP contribution in [-0.2, 0) is 0 Å². The second-order valence-electron chi connectivity index (χ2n) is 5.53. The second-order valence-corrected chi connectivity index (χ2v) is 6.45. The molecule has 0 radical (unpaired) electrons. The summed E-state index contributed by atoms with van der Waals surface area (Å²) in [5, 5.41) is 31.4. The third-order valence-corrected chi connectivity index (χ3v) is 4.60. The third kappa shape index (κ3) is 4.10. The first-order chi connectivity index (χ1) is 9.91. The first-order valence-corrected chi connectivity index (χ1v) is 7.81. The molecular formula is C14H20BrClN2O4. The van der Waals surface area contributed by atoms with Crippen LogP contribution >= 0.6 is 28.3 Å². The Bertz CT molecular complexity index is 538. The third-order valence-electron chi connectivity index (χ3n) is 4.14. The van der Waals surface area contributed by atoms with Gasteiger partial charge in [0.05, 0.1) is 17.1 Å². The maximum absolute atomic E-state index is 10.9. The summed E-state index contributed by atoms with van der Waals surface area (Å²) in [4.78, 5) is 10.3. The van der Waals surface area contributed by atoms with Crippen LogP contribution in [0, 0.1) is 16.0 Å². The van der Waals surface area contributed by atoms with Gasteiger partial charge in [-0.1, -0.05) is 35.2 Å². The van der Waals surface area contributed by atoms with Crippen LogP contribution in [0.3, 0.4) is 0 Å². The van der Waals surface area contributed by atoms with Crippen LogP contribution in [0.5, 0.6) is 5.75 Å². The molecular weight excluding hydrogens is 376 g/mol. The number of nitro benzene ring substituents is 1. The molecule has 1 aromatic rings. The van der Waals surface area contributed by atoms with E-state index in [4.69, 9.17) is 5.73 Å². The van der Waals surface area contributed by atoms with Crippen LogP contribution in [0.15, 0.2) is 16.6 Å². The number of rotatable bonds is 4. The van der Waals surface area contributed by atoms with E-state index in [1.54, 1.807) is 0 Å². The van der Waals surface area contributed by atoms with Crippen LogP contribution in [0.1, 0.15) is 43.7 Å². The van der Waals surface area contributed by atoms with Gasteiger partial charge in [0.2, 0.25) is 0 Å². The fourth-order valence-electron chi connectivity index (χ4n) is 2.95. The fraction of sp³-hybridized carbons (Fsp3) is 0.571. The fourth-order valence-corrected chi connectivity index (χ4v) is 3.42. The van der Waals surface area contributed by atoms with Gasteiger partial charge < -0.3 is 15.9 Å². The van der Waals surface area contributed by atoms with E-state index in [0.29, 0.717) is 4.47 Å². The van der Waals surface area contributed by atoms with E-state index in [2.05, 4.69) is 15.9 Å². The summed E-state index contributed by atoms with van der Waals surface area (Å²) in [6, 6.07) is 1.90. The van der Waals surface area contributed by atoms with E-state index in [9.17, 15) is 20.3 Å². The standard InChI is InChI=1S/C14H19BrN2O4.ClH/c15-9-6-10(14(19)11(7-9)17(20)21)12(16)13(18)8-4-2-1-3-5-8;/h6-8,12-13,18-19H,1-5,16H2;1H/t12-,13+;/m1./s1. The first kappa shape index (κ1) is 19.2. The average molecular weight is 396 g/mol. The Balaban J connectivity index is 0.00000242. The number of aliphatic hydroxyl groups is 1. The number of halogens is 2. The molecule has 6 nitrogen and oxygen atoms in total.